The summed E-state index contributed by atoms with van der Waals surface area (Å²) < 4.78 is 4.79. The summed E-state index contributed by atoms with van der Waals surface area (Å²) in [7, 11) is 0. The second-order valence-corrected chi connectivity index (χ2v) is 3.80. The van der Waals surface area contributed by atoms with Gasteiger partial charge in [-0.15, -0.1) is 0 Å². The van der Waals surface area contributed by atoms with Crippen molar-refractivity contribution < 1.29 is 30.3 Å². The van der Waals surface area contributed by atoms with Gasteiger partial charge in [-0.3, -0.25) is 0 Å². The van der Waals surface area contributed by atoms with Gasteiger partial charge in [-0.1, -0.05) is 0 Å². The van der Waals surface area contributed by atoms with E-state index in [1.807, 2.05) is 0 Å². The lowest BCUT2D eigenvalue weighted by Gasteiger charge is -2.38. The third kappa shape index (κ3) is 2.30. The zero-order valence-corrected chi connectivity index (χ0v) is 8.53. The number of aliphatic hydroxyl groups is 5. The molecule has 0 bridgehead atoms. The van der Waals surface area contributed by atoms with Crippen LogP contribution in [-0.4, -0.2) is 56.2 Å². The fourth-order valence-electron chi connectivity index (χ4n) is 1.37. The normalized spacial score (nSPS) is 41.3. The molecule has 0 radical (unpaired) electrons. The van der Waals surface area contributed by atoms with E-state index in [0.29, 0.717) is 5.57 Å². The molecule has 6 heteroatoms. The van der Waals surface area contributed by atoms with Gasteiger partial charge < -0.3 is 30.3 Å². The molecule has 6 nitrogen and oxygen atoms in total. The van der Waals surface area contributed by atoms with Crippen LogP contribution in [0, 0.1) is 0 Å². The highest BCUT2D eigenvalue weighted by molar-refractivity contribution is 5.11. The van der Waals surface area contributed by atoms with Crippen molar-refractivity contribution >= 4 is 0 Å². The third-order valence-electron chi connectivity index (χ3n) is 2.37. The maximum Gasteiger partial charge on any atom is 0.184 e. The number of ether oxygens (including phenoxy) is 1. The Bertz CT molecular complexity index is 259. The molecule has 0 aromatic carbocycles. The van der Waals surface area contributed by atoms with Crippen molar-refractivity contribution in [3.05, 3.63) is 11.3 Å². The Morgan fingerprint density at radius 1 is 0.933 bits per heavy atom. The predicted octanol–water partition coefficient (Wildman–Crippen LogP) is -1.36. The van der Waals surface area contributed by atoms with Crippen LogP contribution in [0.2, 0.25) is 0 Å². The molecule has 1 saturated heterocycles. The largest absolute Gasteiger partial charge is 0.510 e. The van der Waals surface area contributed by atoms with Crippen molar-refractivity contribution in [3.63, 3.8) is 0 Å². The Morgan fingerprint density at radius 2 is 1.47 bits per heavy atom. The summed E-state index contributed by atoms with van der Waals surface area (Å²) in [6, 6.07) is 0. The monoisotopic (exact) mass is 220 g/mol. The van der Waals surface area contributed by atoms with E-state index in [9.17, 15) is 25.5 Å². The summed E-state index contributed by atoms with van der Waals surface area (Å²) in [5, 5.41) is 46.7. The molecule has 1 aliphatic heterocycles. The number of allylic oxidation sites excluding steroid dienone is 1. The Labute approximate surface area is 87.0 Å². The second kappa shape index (κ2) is 4.46. The maximum absolute atomic E-state index is 9.53. The van der Waals surface area contributed by atoms with Crippen LogP contribution in [0.1, 0.15) is 13.8 Å². The van der Waals surface area contributed by atoms with E-state index in [0.717, 1.165) is 0 Å². The quantitative estimate of drug-likeness (QED) is 0.349. The number of rotatable bonds is 1. The van der Waals surface area contributed by atoms with Crippen LogP contribution in [-0.2, 0) is 4.74 Å². The fourth-order valence-corrected chi connectivity index (χ4v) is 1.37. The summed E-state index contributed by atoms with van der Waals surface area (Å²) in [5.41, 5.74) is 0.495. The summed E-state index contributed by atoms with van der Waals surface area (Å²) in [5.74, 6) is -0.257. The van der Waals surface area contributed by atoms with Gasteiger partial charge in [0.1, 0.15) is 30.2 Å². The van der Waals surface area contributed by atoms with E-state index in [-0.39, 0.29) is 5.76 Å². The van der Waals surface area contributed by atoms with E-state index < -0.39 is 30.7 Å². The summed E-state index contributed by atoms with van der Waals surface area (Å²) >= 11 is 0. The highest BCUT2D eigenvalue weighted by Gasteiger charge is 2.44. The molecule has 0 saturated carbocycles. The highest BCUT2D eigenvalue weighted by Crippen LogP contribution is 2.24. The number of aliphatic hydroxyl groups excluding tert-OH is 5. The first-order valence-corrected chi connectivity index (χ1v) is 4.60. The topological polar surface area (TPSA) is 110 Å². The van der Waals surface area contributed by atoms with Gasteiger partial charge in [0.2, 0.25) is 0 Å². The standard InChI is InChI=1S/C9H16O6/c1-3(2)4(10)8-6(12)5(11)7(13)9(14)15-8/h5-14H,1-2H3/t5-,6+,7+,8+,9-/m1/s1. The van der Waals surface area contributed by atoms with Crippen molar-refractivity contribution in [3.8, 4) is 0 Å². The first-order valence-electron chi connectivity index (χ1n) is 4.60. The number of hydrogen-bond donors (Lipinski definition) is 5. The average Bonchev–Trinajstić information content (AvgIpc) is 2.19. The molecule has 1 rings (SSSR count). The first kappa shape index (κ1) is 12.4. The summed E-state index contributed by atoms with van der Waals surface area (Å²) in [6.07, 6.45) is -7.46. The molecule has 1 heterocycles. The van der Waals surface area contributed by atoms with Crippen molar-refractivity contribution in [2.45, 2.75) is 44.6 Å². The molecule has 0 aromatic rings. The molecule has 0 aromatic heterocycles. The van der Waals surface area contributed by atoms with Crippen LogP contribution in [0.15, 0.2) is 11.3 Å². The third-order valence-corrected chi connectivity index (χ3v) is 2.37. The molecule has 0 aliphatic carbocycles. The minimum Gasteiger partial charge on any atom is -0.510 e. The molecule has 5 N–H and O–H groups in total. The average molecular weight is 220 g/mol. The van der Waals surface area contributed by atoms with E-state index >= 15 is 0 Å². The van der Waals surface area contributed by atoms with Crippen LogP contribution in [0.3, 0.4) is 0 Å². The van der Waals surface area contributed by atoms with Gasteiger partial charge in [0, 0.05) is 0 Å². The van der Waals surface area contributed by atoms with Crippen molar-refractivity contribution in [2.75, 3.05) is 0 Å². The van der Waals surface area contributed by atoms with Crippen LogP contribution >= 0.6 is 0 Å². The summed E-state index contributed by atoms with van der Waals surface area (Å²) in [4.78, 5) is 0. The fraction of sp³-hybridized carbons (Fsp3) is 0.778. The first-order chi connectivity index (χ1) is 6.86. The second-order valence-electron chi connectivity index (χ2n) is 3.80. The Hall–Kier alpha value is -0.660. The SMILES string of the molecule is CC(C)=C(O)[C@@H]1O[C@@H](O)[C@@H](O)[C@H](O)[C@@H]1O. The molecular weight excluding hydrogens is 204 g/mol. The Balaban J connectivity index is 2.89. The van der Waals surface area contributed by atoms with E-state index in [4.69, 9.17) is 4.74 Å². The lowest BCUT2D eigenvalue weighted by molar-refractivity contribution is -0.278. The summed E-state index contributed by atoms with van der Waals surface area (Å²) in [6.45, 7) is 3.18. The van der Waals surface area contributed by atoms with Gasteiger partial charge in [0.15, 0.2) is 6.29 Å². The zero-order valence-electron chi connectivity index (χ0n) is 8.53. The molecule has 88 valence electrons. The van der Waals surface area contributed by atoms with Crippen LogP contribution in [0.5, 0.6) is 0 Å². The minimum atomic E-state index is -1.63. The van der Waals surface area contributed by atoms with Crippen molar-refractivity contribution in [1.82, 2.24) is 0 Å². The van der Waals surface area contributed by atoms with Crippen LogP contribution in [0.25, 0.3) is 0 Å². The van der Waals surface area contributed by atoms with Gasteiger partial charge in [0.25, 0.3) is 0 Å². The van der Waals surface area contributed by atoms with Gasteiger partial charge in [-0.05, 0) is 19.4 Å². The van der Waals surface area contributed by atoms with Crippen LogP contribution in [0.4, 0.5) is 0 Å². The van der Waals surface area contributed by atoms with E-state index in [2.05, 4.69) is 0 Å². The molecule has 1 aliphatic rings. The Kier molecular flexibility index (Phi) is 3.69. The molecule has 0 unspecified atom stereocenters. The minimum absolute atomic E-state index is 0.257. The highest BCUT2D eigenvalue weighted by atomic mass is 16.6. The van der Waals surface area contributed by atoms with Gasteiger partial charge in [-0.2, -0.15) is 0 Å². The van der Waals surface area contributed by atoms with Crippen molar-refractivity contribution in [1.29, 1.82) is 0 Å². The lowest BCUT2D eigenvalue weighted by Crippen LogP contribution is -2.58. The van der Waals surface area contributed by atoms with E-state index in [1.165, 1.54) is 0 Å². The molecule has 5 atom stereocenters. The van der Waals surface area contributed by atoms with Gasteiger partial charge >= 0.3 is 0 Å². The molecule has 0 amide bonds. The predicted molar refractivity (Wildman–Crippen MR) is 49.9 cm³/mol. The molecule has 0 spiro atoms. The van der Waals surface area contributed by atoms with E-state index in [1.54, 1.807) is 13.8 Å². The molecule has 1 fully saturated rings. The molecular formula is C9H16O6. The maximum atomic E-state index is 9.53. The number of hydrogen-bond acceptors (Lipinski definition) is 6. The van der Waals surface area contributed by atoms with Gasteiger partial charge in [-0.25, -0.2) is 0 Å². The van der Waals surface area contributed by atoms with Crippen LogP contribution < -0.4 is 0 Å². The zero-order chi connectivity index (χ0) is 11.7. The molecule has 15 heavy (non-hydrogen) atoms. The van der Waals surface area contributed by atoms with Crippen molar-refractivity contribution in [2.24, 2.45) is 0 Å². The smallest absolute Gasteiger partial charge is 0.184 e. The lowest BCUT2D eigenvalue weighted by atomic mass is 9.96. The van der Waals surface area contributed by atoms with Gasteiger partial charge in [0.05, 0.1) is 0 Å². The Morgan fingerprint density at radius 3 is 1.93 bits per heavy atom.